The molecule has 0 spiro atoms. The second kappa shape index (κ2) is 9.25. The highest BCUT2D eigenvalue weighted by molar-refractivity contribution is 7.80. The number of hydrazine groups is 1. The van der Waals surface area contributed by atoms with E-state index in [1.54, 1.807) is 0 Å². The molecule has 3 N–H and O–H groups in total. The van der Waals surface area contributed by atoms with Gasteiger partial charge in [-0.05, 0) is 61.7 Å². The minimum atomic E-state index is -0.286. The molecular formula is C16H25N3O2S. The second-order valence-electron chi connectivity index (χ2n) is 5.65. The van der Waals surface area contributed by atoms with Crippen molar-refractivity contribution < 1.29 is 9.53 Å². The largest absolute Gasteiger partial charge is 0.484 e. The molecule has 122 valence electrons. The Balaban J connectivity index is 2.23. The Morgan fingerprint density at radius 2 is 1.95 bits per heavy atom. The molecule has 0 radical (unpaired) electrons. The van der Waals surface area contributed by atoms with Crippen LogP contribution >= 0.6 is 12.2 Å². The first-order valence-corrected chi connectivity index (χ1v) is 7.82. The van der Waals surface area contributed by atoms with Crippen LogP contribution in [-0.2, 0) is 4.79 Å². The topological polar surface area (TPSA) is 62.4 Å². The van der Waals surface area contributed by atoms with Gasteiger partial charge in [-0.2, -0.15) is 0 Å². The van der Waals surface area contributed by atoms with Crippen molar-refractivity contribution in [1.82, 2.24) is 16.2 Å². The first-order chi connectivity index (χ1) is 10.4. The Labute approximate surface area is 137 Å². The van der Waals surface area contributed by atoms with Gasteiger partial charge in [-0.1, -0.05) is 19.9 Å². The number of hydrogen-bond donors (Lipinski definition) is 3. The molecule has 0 unspecified atom stereocenters. The maximum atomic E-state index is 11.7. The van der Waals surface area contributed by atoms with Gasteiger partial charge in [0.1, 0.15) is 5.75 Å². The second-order valence-corrected chi connectivity index (χ2v) is 6.05. The molecule has 1 aromatic rings. The van der Waals surface area contributed by atoms with E-state index in [0.29, 0.717) is 16.8 Å². The maximum absolute atomic E-state index is 11.7. The number of aryl methyl sites for hydroxylation is 2. The minimum absolute atomic E-state index is 0.0654. The van der Waals surface area contributed by atoms with E-state index in [1.807, 2.05) is 32.0 Å². The van der Waals surface area contributed by atoms with Gasteiger partial charge in [-0.25, -0.2) is 0 Å². The third kappa shape index (κ3) is 7.26. The summed E-state index contributed by atoms with van der Waals surface area (Å²) in [4.78, 5) is 11.7. The van der Waals surface area contributed by atoms with E-state index in [0.717, 1.165) is 18.5 Å². The van der Waals surface area contributed by atoms with E-state index in [-0.39, 0.29) is 12.5 Å². The Bertz CT molecular complexity index is 518. The van der Waals surface area contributed by atoms with Crippen molar-refractivity contribution >= 4 is 23.2 Å². The first-order valence-electron chi connectivity index (χ1n) is 7.41. The number of benzene rings is 1. The zero-order valence-electron chi connectivity index (χ0n) is 13.7. The lowest BCUT2D eigenvalue weighted by Crippen LogP contribution is -2.48. The van der Waals surface area contributed by atoms with Crippen molar-refractivity contribution in [3.63, 3.8) is 0 Å². The van der Waals surface area contributed by atoms with Crippen LogP contribution < -0.4 is 20.9 Å². The van der Waals surface area contributed by atoms with E-state index in [4.69, 9.17) is 17.0 Å². The molecule has 5 nitrogen and oxygen atoms in total. The van der Waals surface area contributed by atoms with Crippen LogP contribution in [0.3, 0.4) is 0 Å². The summed E-state index contributed by atoms with van der Waals surface area (Å²) in [5.74, 6) is 0.998. The zero-order valence-corrected chi connectivity index (χ0v) is 14.5. The summed E-state index contributed by atoms with van der Waals surface area (Å²) in [5.41, 5.74) is 7.47. The van der Waals surface area contributed by atoms with Crippen LogP contribution in [0.5, 0.6) is 5.75 Å². The number of carbonyl (C=O) groups excluding carboxylic acids is 1. The predicted octanol–water partition coefficient (Wildman–Crippen LogP) is 2.22. The van der Waals surface area contributed by atoms with Gasteiger partial charge in [0.05, 0.1) is 0 Å². The number of hydrogen-bond acceptors (Lipinski definition) is 3. The Hall–Kier alpha value is -1.82. The van der Waals surface area contributed by atoms with Crippen LogP contribution in [0.1, 0.15) is 31.4 Å². The quantitative estimate of drug-likeness (QED) is 0.553. The highest BCUT2D eigenvalue weighted by Crippen LogP contribution is 2.16. The van der Waals surface area contributed by atoms with Crippen molar-refractivity contribution in [2.24, 2.45) is 5.92 Å². The number of thiocarbonyl (C=S) groups is 1. The third-order valence-electron chi connectivity index (χ3n) is 3.17. The van der Waals surface area contributed by atoms with Crippen molar-refractivity contribution in [2.75, 3.05) is 13.2 Å². The van der Waals surface area contributed by atoms with Gasteiger partial charge in [-0.3, -0.25) is 15.6 Å². The number of carbonyl (C=O) groups is 1. The molecule has 0 heterocycles. The van der Waals surface area contributed by atoms with Crippen LogP contribution in [-0.4, -0.2) is 24.2 Å². The van der Waals surface area contributed by atoms with Gasteiger partial charge in [0, 0.05) is 6.54 Å². The Morgan fingerprint density at radius 1 is 1.23 bits per heavy atom. The van der Waals surface area contributed by atoms with E-state index in [9.17, 15) is 4.79 Å². The number of rotatable bonds is 6. The highest BCUT2D eigenvalue weighted by Gasteiger charge is 2.04. The summed E-state index contributed by atoms with van der Waals surface area (Å²) in [6, 6.07) is 5.73. The summed E-state index contributed by atoms with van der Waals surface area (Å²) in [6.45, 7) is 9.03. The van der Waals surface area contributed by atoms with Crippen molar-refractivity contribution in [1.29, 1.82) is 0 Å². The SMILES string of the molecule is Cc1ccc(OCC(=O)NNC(=S)NCCC(C)C)cc1C. The van der Waals surface area contributed by atoms with Crippen molar-refractivity contribution in [3.05, 3.63) is 29.3 Å². The molecule has 0 saturated carbocycles. The normalized spacial score (nSPS) is 10.2. The third-order valence-corrected chi connectivity index (χ3v) is 3.42. The molecule has 1 rings (SSSR count). The molecule has 1 amide bonds. The zero-order chi connectivity index (χ0) is 16.5. The molecule has 0 aliphatic carbocycles. The molecule has 0 saturated heterocycles. The maximum Gasteiger partial charge on any atom is 0.276 e. The van der Waals surface area contributed by atoms with Crippen molar-refractivity contribution in [3.8, 4) is 5.75 Å². The summed E-state index contributed by atoms with van der Waals surface area (Å²) in [5, 5.41) is 3.42. The highest BCUT2D eigenvalue weighted by atomic mass is 32.1. The fourth-order valence-corrected chi connectivity index (χ4v) is 1.79. The van der Waals surface area contributed by atoms with Gasteiger partial charge in [-0.15, -0.1) is 0 Å². The van der Waals surface area contributed by atoms with Crippen LogP contribution in [0.4, 0.5) is 0 Å². The van der Waals surface area contributed by atoms with Crippen LogP contribution in [0.25, 0.3) is 0 Å². The molecule has 0 aliphatic rings. The van der Waals surface area contributed by atoms with Gasteiger partial charge in [0.25, 0.3) is 5.91 Å². The molecule has 1 aromatic carbocycles. The molecule has 22 heavy (non-hydrogen) atoms. The molecule has 6 heteroatoms. The standard InChI is InChI=1S/C16H25N3O2S/c1-11(2)7-8-17-16(22)19-18-15(20)10-21-14-6-5-12(3)13(4)9-14/h5-6,9,11H,7-8,10H2,1-4H3,(H,18,20)(H2,17,19,22). The number of ether oxygens (including phenoxy) is 1. The van der Waals surface area contributed by atoms with Crippen LogP contribution in [0.2, 0.25) is 0 Å². The predicted molar refractivity (Wildman–Crippen MR) is 92.7 cm³/mol. The molecule has 0 aromatic heterocycles. The molecule has 0 atom stereocenters. The summed E-state index contributed by atoms with van der Waals surface area (Å²) in [7, 11) is 0. The van der Waals surface area contributed by atoms with Crippen LogP contribution in [0.15, 0.2) is 18.2 Å². The van der Waals surface area contributed by atoms with E-state index >= 15 is 0 Å². The lowest BCUT2D eigenvalue weighted by Gasteiger charge is -2.13. The monoisotopic (exact) mass is 323 g/mol. The van der Waals surface area contributed by atoms with Crippen LogP contribution in [0, 0.1) is 19.8 Å². The Kier molecular flexibility index (Phi) is 7.66. The van der Waals surface area contributed by atoms with Gasteiger partial charge in [0.2, 0.25) is 0 Å². The summed E-state index contributed by atoms with van der Waals surface area (Å²) < 4.78 is 5.43. The van der Waals surface area contributed by atoms with Gasteiger partial charge in [0.15, 0.2) is 11.7 Å². The van der Waals surface area contributed by atoms with Crippen molar-refractivity contribution in [2.45, 2.75) is 34.1 Å². The molecule has 0 fully saturated rings. The van der Waals surface area contributed by atoms with E-state index in [2.05, 4.69) is 30.0 Å². The lowest BCUT2D eigenvalue weighted by molar-refractivity contribution is -0.123. The smallest absolute Gasteiger partial charge is 0.276 e. The van der Waals surface area contributed by atoms with Gasteiger partial charge < -0.3 is 10.1 Å². The average molecular weight is 323 g/mol. The minimum Gasteiger partial charge on any atom is -0.484 e. The van der Waals surface area contributed by atoms with Gasteiger partial charge >= 0.3 is 0 Å². The van der Waals surface area contributed by atoms with E-state index in [1.165, 1.54) is 5.56 Å². The lowest BCUT2D eigenvalue weighted by atomic mass is 10.1. The van der Waals surface area contributed by atoms with E-state index < -0.39 is 0 Å². The Morgan fingerprint density at radius 3 is 2.59 bits per heavy atom. The fourth-order valence-electron chi connectivity index (χ4n) is 1.63. The summed E-state index contributed by atoms with van der Waals surface area (Å²) >= 11 is 5.06. The molecule has 0 bridgehead atoms. The molecule has 0 aliphatic heterocycles. The summed E-state index contributed by atoms with van der Waals surface area (Å²) in [6.07, 6.45) is 1.02. The average Bonchev–Trinajstić information content (AvgIpc) is 2.46. The first kappa shape index (κ1) is 18.2. The fraction of sp³-hybridized carbons (Fsp3) is 0.500. The molecular weight excluding hydrogens is 298 g/mol. The number of nitrogens with one attached hydrogen (secondary N) is 3. The number of amides is 1.